The molecule has 36 heavy (non-hydrogen) atoms. The summed E-state index contributed by atoms with van der Waals surface area (Å²) in [7, 11) is 2.98. The Morgan fingerprint density at radius 1 is 1.14 bits per heavy atom. The lowest BCUT2D eigenvalue weighted by Gasteiger charge is -2.31. The molecule has 5 N–H and O–H groups in total. The number of ether oxygens (including phenoxy) is 2. The second-order valence-corrected chi connectivity index (χ2v) is 8.39. The van der Waals surface area contributed by atoms with Gasteiger partial charge in [0, 0.05) is 19.2 Å². The smallest absolute Gasteiger partial charge is 0.270 e. The number of nitrogen functional groups attached to an aromatic ring is 1. The second kappa shape index (κ2) is 12.1. The van der Waals surface area contributed by atoms with Crippen molar-refractivity contribution in [3.8, 4) is 5.75 Å². The molecule has 3 amide bonds. The minimum Gasteiger partial charge on any atom is -0.496 e. The van der Waals surface area contributed by atoms with E-state index in [0.29, 0.717) is 28.4 Å². The number of hydrogen-bond donors (Lipinski definition) is 3. The fourth-order valence-electron chi connectivity index (χ4n) is 3.55. The van der Waals surface area contributed by atoms with Crippen LogP contribution in [0.25, 0.3) is 0 Å². The maximum atomic E-state index is 13.9. The quantitative estimate of drug-likeness (QED) is 0.331. The molecule has 0 bridgehead atoms. The van der Waals surface area contributed by atoms with Crippen LogP contribution in [0.2, 0.25) is 0 Å². The molecule has 0 saturated carbocycles. The van der Waals surface area contributed by atoms with Crippen LogP contribution < -0.4 is 21.5 Å². The zero-order valence-corrected chi connectivity index (χ0v) is 20.5. The van der Waals surface area contributed by atoms with Crippen LogP contribution in [-0.2, 0) is 16.1 Å². The number of benzene rings is 2. The standard InChI is InChI=1S/C24H26FN5O5S/c1-34-12-11-28-23(32)20(14-7-9-16(25)10-8-14)30(13-15-5-3-4-6-17(15)35-2)24(33)21-18(26)19(22(27)31)29-36-21/h3-10,20H,11-13,26H2,1-2H3,(H2,27,31)(H,28,32)/t20-/m1/s1. The van der Waals surface area contributed by atoms with Crippen molar-refractivity contribution in [1.82, 2.24) is 14.6 Å². The van der Waals surface area contributed by atoms with Crippen LogP contribution >= 0.6 is 11.5 Å². The van der Waals surface area contributed by atoms with Crippen LogP contribution in [0.15, 0.2) is 48.5 Å². The van der Waals surface area contributed by atoms with Crippen molar-refractivity contribution in [2.24, 2.45) is 5.73 Å². The number of para-hydroxylation sites is 1. The Morgan fingerprint density at radius 3 is 2.44 bits per heavy atom. The highest BCUT2D eigenvalue weighted by Crippen LogP contribution is 2.32. The van der Waals surface area contributed by atoms with Crippen molar-refractivity contribution in [2.75, 3.05) is 33.1 Å². The van der Waals surface area contributed by atoms with E-state index >= 15 is 0 Å². The molecule has 0 fully saturated rings. The van der Waals surface area contributed by atoms with Crippen LogP contribution in [0.4, 0.5) is 10.1 Å². The third kappa shape index (κ3) is 5.96. The fraction of sp³-hybridized carbons (Fsp3) is 0.250. The van der Waals surface area contributed by atoms with Gasteiger partial charge in [-0.2, -0.15) is 4.37 Å². The zero-order valence-electron chi connectivity index (χ0n) is 19.7. The highest BCUT2D eigenvalue weighted by molar-refractivity contribution is 7.09. The summed E-state index contributed by atoms with van der Waals surface area (Å²) in [6.45, 7) is 0.343. The average molecular weight is 516 g/mol. The maximum Gasteiger partial charge on any atom is 0.270 e. The van der Waals surface area contributed by atoms with E-state index in [1.54, 1.807) is 24.3 Å². The molecule has 1 atom stereocenters. The number of primary amides is 1. The Bertz CT molecular complexity index is 1230. The van der Waals surface area contributed by atoms with E-state index in [1.165, 1.54) is 43.4 Å². The van der Waals surface area contributed by atoms with Crippen molar-refractivity contribution in [2.45, 2.75) is 12.6 Å². The molecule has 0 unspecified atom stereocenters. The number of anilines is 1. The van der Waals surface area contributed by atoms with Gasteiger partial charge in [-0.1, -0.05) is 30.3 Å². The van der Waals surface area contributed by atoms with Crippen LogP contribution in [0.5, 0.6) is 5.75 Å². The van der Waals surface area contributed by atoms with E-state index in [1.807, 2.05) is 0 Å². The van der Waals surface area contributed by atoms with Gasteiger partial charge in [-0.15, -0.1) is 0 Å². The first kappa shape index (κ1) is 26.6. The number of nitrogens with one attached hydrogen (secondary N) is 1. The predicted octanol–water partition coefficient (Wildman–Crippen LogP) is 2.12. The van der Waals surface area contributed by atoms with E-state index in [4.69, 9.17) is 20.9 Å². The second-order valence-electron chi connectivity index (χ2n) is 7.62. The molecule has 1 aromatic heterocycles. The summed E-state index contributed by atoms with van der Waals surface area (Å²) in [6.07, 6.45) is 0. The summed E-state index contributed by atoms with van der Waals surface area (Å²) in [4.78, 5) is 40.2. The number of carbonyl (C=O) groups excluding carboxylic acids is 3. The molecule has 1 heterocycles. The van der Waals surface area contributed by atoms with E-state index in [0.717, 1.165) is 0 Å². The number of nitrogens with two attached hydrogens (primary N) is 2. The van der Waals surface area contributed by atoms with E-state index in [9.17, 15) is 18.8 Å². The monoisotopic (exact) mass is 515 g/mol. The Balaban J connectivity index is 2.14. The number of methoxy groups -OCH3 is 2. The number of halogens is 1. The molecular weight excluding hydrogens is 489 g/mol. The molecule has 0 aliphatic carbocycles. The van der Waals surface area contributed by atoms with Gasteiger partial charge < -0.3 is 31.2 Å². The third-order valence-corrected chi connectivity index (χ3v) is 6.15. The number of hydrogen-bond acceptors (Lipinski definition) is 8. The summed E-state index contributed by atoms with van der Waals surface area (Å²) >= 11 is 0.700. The molecule has 0 aliphatic heterocycles. The van der Waals surface area contributed by atoms with Gasteiger partial charge in [0.1, 0.15) is 22.5 Å². The molecule has 3 rings (SSSR count). The van der Waals surface area contributed by atoms with Crippen molar-refractivity contribution in [1.29, 1.82) is 0 Å². The van der Waals surface area contributed by atoms with Gasteiger partial charge in [-0.25, -0.2) is 4.39 Å². The van der Waals surface area contributed by atoms with E-state index in [-0.39, 0.29) is 36.0 Å². The van der Waals surface area contributed by atoms with Gasteiger partial charge in [-0.3, -0.25) is 14.4 Å². The molecule has 12 heteroatoms. The largest absolute Gasteiger partial charge is 0.496 e. The lowest BCUT2D eigenvalue weighted by Crippen LogP contribution is -2.44. The molecule has 0 spiro atoms. The van der Waals surface area contributed by atoms with E-state index < -0.39 is 29.6 Å². The Kier molecular flexibility index (Phi) is 8.92. The lowest BCUT2D eigenvalue weighted by atomic mass is 10.0. The molecule has 0 aliphatic rings. The highest BCUT2D eigenvalue weighted by atomic mass is 32.1. The molecule has 2 aromatic carbocycles. The molecule has 0 saturated heterocycles. The zero-order chi connectivity index (χ0) is 26.2. The summed E-state index contributed by atoms with van der Waals surface area (Å²) in [5.74, 6) is -2.09. The van der Waals surface area contributed by atoms with E-state index in [2.05, 4.69) is 9.69 Å². The van der Waals surface area contributed by atoms with Crippen molar-refractivity contribution >= 4 is 34.9 Å². The van der Waals surface area contributed by atoms with Gasteiger partial charge >= 0.3 is 0 Å². The van der Waals surface area contributed by atoms with Crippen LogP contribution in [0.3, 0.4) is 0 Å². The van der Waals surface area contributed by atoms with Gasteiger partial charge in [0.25, 0.3) is 11.8 Å². The minimum atomic E-state index is -1.20. The number of carbonyl (C=O) groups is 3. The topological polar surface area (TPSA) is 150 Å². The van der Waals surface area contributed by atoms with Gasteiger partial charge in [0.2, 0.25) is 5.91 Å². The van der Waals surface area contributed by atoms with Crippen molar-refractivity contribution in [3.05, 3.63) is 76.0 Å². The number of rotatable bonds is 11. The third-order valence-electron chi connectivity index (χ3n) is 5.30. The molecule has 10 nitrogen and oxygen atoms in total. The highest BCUT2D eigenvalue weighted by Gasteiger charge is 2.35. The number of nitrogens with zero attached hydrogens (tertiary/aromatic N) is 2. The van der Waals surface area contributed by atoms with Gasteiger partial charge in [0.15, 0.2) is 5.69 Å². The summed E-state index contributed by atoms with van der Waals surface area (Å²) in [5.41, 5.74) is 11.9. The molecule has 0 radical (unpaired) electrons. The Morgan fingerprint density at radius 2 is 1.83 bits per heavy atom. The summed E-state index contributed by atoms with van der Waals surface area (Å²) < 4.78 is 28.1. The maximum absolute atomic E-state index is 13.9. The number of amides is 3. The SMILES string of the molecule is COCCNC(=O)[C@@H](c1ccc(F)cc1)N(Cc1ccccc1OC)C(=O)c1snc(C(N)=O)c1N. The van der Waals surface area contributed by atoms with Crippen LogP contribution in [-0.4, -0.2) is 54.4 Å². The van der Waals surface area contributed by atoms with Crippen LogP contribution in [0, 0.1) is 5.82 Å². The normalized spacial score (nSPS) is 11.5. The first-order valence-electron chi connectivity index (χ1n) is 10.8. The van der Waals surface area contributed by atoms with Crippen molar-refractivity contribution < 1.29 is 28.2 Å². The summed E-state index contributed by atoms with van der Waals surface area (Å²) in [6, 6.07) is 11.0. The summed E-state index contributed by atoms with van der Waals surface area (Å²) in [5, 5.41) is 2.74. The van der Waals surface area contributed by atoms with Gasteiger partial charge in [-0.05, 0) is 35.3 Å². The fourth-order valence-corrected chi connectivity index (χ4v) is 4.31. The number of aromatic nitrogens is 1. The first-order chi connectivity index (χ1) is 17.3. The Labute approximate surface area is 211 Å². The Hall–Kier alpha value is -4.03. The van der Waals surface area contributed by atoms with Crippen molar-refractivity contribution in [3.63, 3.8) is 0 Å². The predicted molar refractivity (Wildman–Crippen MR) is 132 cm³/mol. The molecule has 3 aromatic rings. The first-order valence-corrected chi connectivity index (χ1v) is 11.6. The minimum absolute atomic E-state index is 0.0597. The average Bonchev–Trinajstić information content (AvgIpc) is 3.26. The van der Waals surface area contributed by atoms with Crippen LogP contribution in [0.1, 0.15) is 37.3 Å². The van der Waals surface area contributed by atoms with Gasteiger partial charge in [0.05, 0.1) is 25.9 Å². The lowest BCUT2D eigenvalue weighted by molar-refractivity contribution is -0.126. The molecule has 190 valence electrons. The molecular formula is C24H26FN5O5S.